The second-order valence-corrected chi connectivity index (χ2v) is 6.55. The number of unbranched alkanes of at least 4 members (excludes halogenated alkanes) is 7. The highest BCUT2D eigenvalue weighted by atomic mass is 19.1. The van der Waals surface area contributed by atoms with E-state index in [1.807, 2.05) is 6.92 Å². The fourth-order valence-corrected chi connectivity index (χ4v) is 3.17. The largest absolute Gasteiger partial charge is 0.316 e. The first kappa shape index (κ1) is 16.9. The molecule has 1 aliphatic rings. The van der Waals surface area contributed by atoms with Gasteiger partial charge < -0.3 is 5.32 Å². The Hall–Kier alpha value is -0.110. The molecule has 2 heteroatoms. The van der Waals surface area contributed by atoms with Crippen LogP contribution >= 0.6 is 0 Å². The molecule has 0 aromatic carbocycles. The van der Waals surface area contributed by atoms with Crippen LogP contribution in [0.5, 0.6) is 0 Å². The molecule has 19 heavy (non-hydrogen) atoms. The molecule has 0 aromatic rings. The molecule has 114 valence electrons. The van der Waals surface area contributed by atoms with Crippen molar-refractivity contribution in [2.75, 3.05) is 13.1 Å². The molecule has 0 saturated carbocycles. The van der Waals surface area contributed by atoms with Crippen molar-refractivity contribution in [2.24, 2.45) is 5.92 Å². The van der Waals surface area contributed by atoms with Gasteiger partial charge in [0.05, 0.1) is 0 Å². The standard InChI is InChI=1S/C17H34FN/c1-3-4-5-6-7-8-9-10-13-17(2,18)16-12-11-14-19-15-16/h16,19H,3-15H2,1-2H3. The number of rotatable bonds is 10. The first-order valence-electron chi connectivity index (χ1n) is 8.56. The van der Waals surface area contributed by atoms with Gasteiger partial charge in [-0.1, -0.05) is 58.3 Å². The highest BCUT2D eigenvalue weighted by molar-refractivity contribution is 4.86. The number of alkyl halides is 1. The molecule has 1 heterocycles. The van der Waals surface area contributed by atoms with Gasteiger partial charge in [-0.25, -0.2) is 4.39 Å². The molecule has 1 aliphatic heterocycles. The van der Waals surface area contributed by atoms with Gasteiger partial charge in [0.25, 0.3) is 0 Å². The van der Waals surface area contributed by atoms with Gasteiger partial charge in [0, 0.05) is 12.5 Å². The third kappa shape index (κ3) is 7.29. The van der Waals surface area contributed by atoms with Crippen LogP contribution in [0.1, 0.15) is 84.5 Å². The number of piperidine rings is 1. The van der Waals surface area contributed by atoms with Crippen LogP contribution in [0, 0.1) is 5.92 Å². The molecule has 1 nitrogen and oxygen atoms in total. The van der Waals surface area contributed by atoms with Crippen LogP contribution in [0.3, 0.4) is 0 Å². The number of hydrogen-bond acceptors (Lipinski definition) is 1. The van der Waals surface area contributed by atoms with Crippen molar-refractivity contribution in [2.45, 2.75) is 90.1 Å². The van der Waals surface area contributed by atoms with Crippen LogP contribution in [0.25, 0.3) is 0 Å². The third-order valence-electron chi connectivity index (χ3n) is 4.67. The summed E-state index contributed by atoms with van der Waals surface area (Å²) in [5.41, 5.74) is -0.949. The zero-order chi connectivity index (χ0) is 14.0. The van der Waals surface area contributed by atoms with Crippen molar-refractivity contribution in [3.63, 3.8) is 0 Å². The second-order valence-electron chi connectivity index (χ2n) is 6.55. The lowest BCUT2D eigenvalue weighted by molar-refractivity contribution is 0.0707. The fraction of sp³-hybridized carbons (Fsp3) is 1.00. The Morgan fingerprint density at radius 2 is 1.68 bits per heavy atom. The number of hydrogen-bond donors (Lipinski definition) is 1. The maximum absolute atomic E-state index is 14.6. The lowest BCUT2D eigenvalue weighted by Crippen LogP contribution is -2.41. The Balaban J connectivity index is 2.00. The highest BCUT2D eigenvalue weighted by Crippen LogP contribution is 2.32. The fourth-order valence-electron chi connectivity index (χ4n) is 3.17. The van der Waals surface area contributed by atoms with E-state index < -0.39 is 5.67 Å². The zero-order valence-corrected chi connectivity index (χ0v) is 13.1. The predicted octanol–water partition coefficient (Wildman–Crippen LogP) is 5.25. The zero-order valence-electron chi connectivity index (χ0n) is 13.1. The van der Waals surface area contributed by atoms with Crippen molar-refractivity contribution in [1.82, 2.24) is 5.32 Å². The van der Waals surface area contributed by atoms with E-state index >= 15 is 0 Å². The quantitative estimate of drug-likeness (QED) is 0.535. The summed E-state index contributed by atoms with van der Waals surface area (Å²) in [6, 6.07) is 0. The van der Waals surface area contributed by atoms with E-state index in [4.69, 9.17) is 0 Å². The monoisotopic (exact) mass is 271 g/mol. The molecule has 1 fully saturated rings. The minimum absolute atomic E-state index is 0.241. The van der Waals surface area contributed by atoms with Gasteiger partial charge in [-0.15, -0.1) is 0 Å². The molecule has 0 aliphatic carbocycles. The minimum atomic E-state index is -0.949. The Labute approximate surface area is 119 Å². The van der Waals surface area contributed by atoms with Gasteiger partial charge in [0.1, 0.15) is 5.67 Å². The molecule has 1 rings (SSSR count). The van der Waals surface area contributed by atoms with E-state index in [9.17, 15) is 4.39 Å². The first-order valence-corrected chi connectivity index (χ1v) is 8.56. The molecule has 1 N–H and O–H groups in total. The predicted molar refractivity (Wildman–Crippen MR) is 82.3 cm³/mol. The minimum Gasteiger partial charge on any atom is -0.316 e. The van der Waals surface area contributed by atoms with Crippen molar-refractivity contribution < 1.29 is 4.39 Å². The smallest absolute Gasteiger partial charge is 0.112 e. The molecule has 2 atom stereocenters. The van der Waals surface area contributed by atoms with Gasteiger partial charge in [0.15, 0.2) is 0 Å². The van der Waals surface area contributed by atoms with Crippen LogP contribution in [0.15, 0.2) is 0 Å². The molecular weight excluding hydrogens is 237 g/mol. The summed E-state index contributed by atoms with van der Waals surface area (Å²) < 4.78 is 14.6. The number of nitrogens with one attached hydrogen (secondary N) is 1. The first-order chi connectivity index (χ1) is 9.17. The summed E-state index contributed by atoms with van der Waals surface area (Å²) in [5, 5.41) is 3.33. The summed E-state index contributed by atoms with van der Waals surface area (Å²) in [7, 11) is 0. The lowest BCUT2D eigenvalue weighted by Gasteiger charge is -2.34. The molecule has 0 aromatic heterocycles. The van der Waals surface area contributed by atoms with Crippen molar-refractivity contribution >= 4 is 0 Å². The van der Waals surface area contributed by atoms with Crippen LogP contribution in [-0.4, -0.2) is 18.8 Å². The highest BCUT2D eigenvalue weighted by Gasteiger charge is 2.34. The van der Waals surface area contributed by atoms with Crippen molar-refractivity contribution in [1.29, 1.82) is 0 Å². The molecule has 0 radical (unpaired) electrons. The van der Waals surface area contributed by atoms with E-state index in [0.29, 0.717) is 0 Å². The van der Waals surface area contributed by atoms with Crippen molar-refractivity contribution in [3.05, 3.63) is 0 Å². The molecule has 0 amide bonds. The van der Waals surface area contributed by atoms with Gasteiger partial charge in [-0.2, -0.15) is 0 Å². The Morgan fingerprint density at radius 3 is 2.26 bits per heavy atom. The van der Waals surface area contributed by atoms with Crippen LogP contribution in [-0.2, 0) is 0 Å². The van der Waals surface area contributed by atoms with Crippen LogP contribution < -0.4 is 5.32 Å². The molecule has 0 bridgehead atoms. The van der Waals surface area contributed by atoms with E-state index in [0.717, 1.165) is 38.8 Å². The summed E-state index contributed by atoms with van der Waals surface area (Å²) in [6.07, 6.45) is 13.3. The van der Waals surface area contributed by atoms with Gasteiger partial charge in [0.2, 0.25) is 0 Å². The summed E-state index contributed by atoms with van der Waals surface area (Å²) >= 11 is 0. The summed E-state index contributed by atoms with van der Waals surface area (Å²) in [4.78, 5) is 0. The molecule has 2 unspecified atom stereocenters. The Bertz CT molecular complexity index is 209. The van der Waals surface area contributed by atoms with Gasteiger partial charge in [-0.3, -0.25) is 0 Å². The van der Waals surface area contributed by atoms with E-state index in [2.05, 4.69) is 12.2 Å². The van der Waals surface area contributed by atoms with E-state index in [1.54, 1.807) is 0 Å². The van der Waals surface area contributed by atoms with Gasteiger partial charge in [-0.05, 0) is 32.7 Å². The lowest BCUT2D eigenvalue weighted by atomic mass is 9.81. The Morgan fingerprint density at radius 1 is 1.05 bits per heavy atom. The van der Waals surface area contributed by atoms with E-state index in [-0.39, 0.29) is 5.92 Å². The summed E-state index contributed by atoms with van der Waals surface area (Å²) in [5.74, 6) is 0.241. The van der Waals surface area contributed by atoms with Crippen LogP contribution in [0.4, 0.5) is 4.39 Å². The molecule has 1 saturated heterocycles. The van der Waals surface area contributed by atoms with E-state index in [1.165, 1.54) is 44.9 Å². The molecular formula is C17H34FN. The number of halogens is 1. The average Bonchev–Trinajstić information content (AvgIpc) is 2.43. The maximum atomic E-state index is 14.6. The van der Waals surface area contributed by atoms with Gasteiger partial charge >= 0.3 is 0 Å². The third-order valence-corrected chi connectivity index (χ3v) is 4.67. The topological polar surface area (TPSA) is 12.0 Å². The SMILES string of the molecule is CCCCCCCCCCC(C)(F)C1CCCNC1. The molecule has 0 spiro atoms. The average molecular weight is 271 g/mol. The second kappa shape index (κ2) is 9.74. The normalized spacial score (nSPS) is 23.2. The Kier molecular flexibility index (Phi) is 8.69. The van der Waals surface area contributed by atoms with Crippen molar-refractivity contribution in [3.8, 4) is 0 Å². The van der Waals surface area contributed by atoms with Crippen LogP contribution in [0.2, 0.25) is 0 Å². The summed E-state index contributed by atoms with van der Waals surface area (Å²) in [6.45, 7) is 6.03. The maximum Gasteiger partial charge on any atom is 0.112 e.